The first-order valence-corrected chi connectivity index (χ1v) is 8.72. The first-order chi connectivity index (χ1) is 10.1. The van der Waals surface area contributed by atoms with Gasteiger partial charge in [-0.25, -0.2) is 4.39 Å². The highest BCUT2D eigenvalue weighted by molar-refractivity contribution is 7.99. The molecule has 1 aromatic heterocycles. The van der Waals surface area contributed by atoms with Crippen LogP contribution in [0.2, 0.25) is 0 Å². The predicted molar refractivity (Wildman–Crippen MR) is 89.4 cm³/mol. The molecule has 2 atom stereocenters. The molecule has 2 nitrogen and oxygen atoms in total. The maximum Gasteiger partial charge on any atom is 0.134 e. The SMILES string of the molecule is CCCNC(CSC(C)CC)c1cc2cc(F)ccc2o1. The number of rotatable bonds is 8. The molecule has 0 amide bonds. The first kappa shape index (κ1) is 16.4. The molecule has 2 rings (SSSR count). The topological polar surface area (TPSA) is 25.2 Å². The smallest absolute Gasteiger partial charge is 0.134 e. The summed E-state index contributed by atoms with van der Waals surface area (Å²) >= 11 is 1.95. The summed E-state index contributed by atoms with van der Waals surface area (Å²) in [5.74, 6) is 1.65. The van der Waals surface area contributed by atoms with Crippen LogP contribution in [0.3, 0.4) is 0 Å². The molecule has 4 heteroatoms. The van der Waals surface area contributed by atoms with Crippen LogP contribution in [-0.4, -0.2) is 17.5 Å². The van der Waals surface area contributed by atoms with Gasteiger partial charge in [-0.3, -0.25) is 0 Å². The normalized spacial score (nSPS) is 14.5. The second kappa shape index (κ2) is 7.85. The second-order valence-electron chi connectivity index (χ2n) is 5.39. The standard InChI is InChI=1S/C17H24FNOS/c1-4-8-19-15(11-21-12(3)5-2)17-10-13-9-14(18)6-7-16(13)20-17/h6-7,9-10,12,15,19H,4-5,8,11H2,1-3H3. The Hall–Kier alpha value is -1.00. The summed E-state index contributed by atoms with van der Waals surface area (Å²) in [5.41, 5.74) is 0.753. The lowest BCUT2D eigenvalue weighted by atomic mass is 10.2. The van der Waals surface area contributed by atoms with Gasteiger partial charge < -0.3 is 9.73 Å². The Morgan fingerprint density at radius 1 is 1.29 bits per heavy atom. The van der Waals surface area contributed by atoms with E-state index in [1.165, 1.54) is 12.1 Å². The zero-order chi connectivity index (χ0) is 15.2. The van der Waals surface area contributed by atoms with Crippen molar-refractivity contribution < 1.29 is 8.81 Å². The van der Waals surface area contributed by atoms with Gasteiger partial charge in [0.15, 0.2) is 0 Å². The van der Waals surface area contributed by atoms with E-state index in [-0.39, 0.29) is 11.9 Å². The largest absolute Gasteiger partial charge is 0.459 e. The summed E-state index contributed by atoms with van der Waals surface area (Å²) in [5, 5.41) is 5.00. The Labute approximate surface area is 130 Å². The van der Waals surface area contributed by atoms with Crippen LogP contribution in [0.4, 0.5) is 4.39 Å². The molecule has 0 bridgehead atoms. The molecule has 1 N–H and O–H groups in total. The Kier molecular flexibility index (Phi) is 6.12. The molecule has 0 saturated heterocycles. The Morgan fingerprint density at radius 3 is 2.81 bits per heavy atom. The summed E-state index contributed by atoms with van der Waals surface area (Å²) in [6.07, 6.45) is 2.25. The number of thioether (sulfide) groups is 1. The summed E-state index contributed by atoms with van der Waals surface area (Å²) in [7, 11) is 0. The second-order valence-corrected chi connectivity index (χ2v) is 6.86. The lowest BCUT2D eigenvalue weighted by molar-refractivity contribution is 0.456. The van der Waals surface area contributed by atoms with Crippen molar-refractivity contribution in [2.75, 3.05) is 12.3 Å². The summed E-state index contributed by atoms with van der Waals surface area (Å²) in [4.78, 5) is 0. The molecule has 116 valence electrons. The van der Waals surface area contributed by atoms with Gasteiger partial charge in [-0.2, -0.15) is 11.8 Å². The van der Waals surface area contributed by atoms with Crippen LogP contribution in [0.5, 0.6) is 0 Å². The van der Waals surface area contributed by atoms with Crippen molar-refractivity contribution in [3.8, 4) is 0 Å². The van der Waals surface area contributed by atoms with Gasteiger partial charge in [0, 0.05) is 16.4 Å². The van der Waals surface area contributed by atoms with Crippen LogP contribution in [0.15, 0.2) is 28.7 Å². The highest BCUT2D eigenvalue weighted by Crippen LogP contribution is 2.28. The molecule has 0 radical (unpaired) electrons. The fourth-order valence-corrected chi connectivity index (χ4v) is 3.18. The first-order valence-electron chi connectivity index (χ1n) is 7.68. The van der Waals surface area contributed by atoms with Gasteiger partial charge in [0.2, 0.25) is 0 Å². The van der Waals surface area contributed by atoms with Gasteiger partial charge in [0.25, 0.3) is 0 Å². The van der Waals surface area contributed by atoms with Crippen LogP contribution in [0.25, 0.3) is 11.0 Å². The van der Waals surface area contributed by atoms with Gasteiger partial charge in [0.1, 0.15) is 17.2 Å². The monoisotopic (exact) mass is 309 g/mol. The molecule has 0 aliphatic carbocycles. The average Bonchev–Trinajstić information content (AvgIpc) is 2.89. The molecular weight excluding hydrogens is 285 g/mol. The van der Waals surface area contributed by atoms with Crippen LogP contribution < -0.4 is 5.32 Å². The minimum Gasteiger partial charge on any atom is -0.459 e. The van der Waals surface area contributed by atoms with Crippen LogP contribution in [-0.2, 0) is 0 Å². The van der Waals surface area contributed by atoms with E-state index >= 15 is 0 Å². The fourth-order valence-electron chi connectivity index (χ4n) is 2.15. The lowest BCUT2D eigenvalue weighted by Crippen LogP contribution is -2.24. The van der Waals surface area contributed by atoms with Crippen LogP contribution in [0, 0.1) is 5.82 Å². The highest BCUT2D eigenvalue weighted by Gasteiger charge is 2.17. The van der Waals surface area contributed by atoms with E-state index in [4.69, 9.17) is 4.42 Å². The molecule has 0 saturated carbocycles. The van der Waals surface area contributed by atoms with Crippen molar-refractivity contribution in [3.05, 3.63) is 35.8 Å². The van der Waals surface area contributed by atoms with E-state index in [1.54, 1.807) is 6.07 Å². The Morgan fingerprint density at radius 2 is 2.10 bits per heavy atom. The average molecular weight is 309 g/mol. The number of halogens is 1. The zero-order valence-corrected chi connectivity index (χ0v) is 13.8. The van der Waals surface area contributed by atoms with Crippen molar-refractivity contribution in [2.45, 2.75) is 44.9 Å². The number of benzene rings is 1. The van der Waals surface area contributed by atoms with Crippen molar-refractivity contribution in [1.82, 2.24) is 5.32 Å². The summed E-state index contributed by atoms with van der Waals surface area (Å²) < 4.78 is 19.2. The van der Waals surface area contributed by atoms with Gasteiger partial charge in [0.05, 0.1) is 6.04 Å². The lowest BCUT2D eigenvalue weighted by Gasteiger charge is -2.18. The van der Waals surface area contributed by atoms with Crippen LogP contribution in [0.1, 0.15) is 45.4 Å². The van der Waals surface area contributed by atoms with Crippen molar-refractivity contribution in [2.24, 2.45) is 0 Å². The van der Waals surface area contributed by atoms with Crippen molar-refractivity contribution >= 4 is 22.7 Å². The molecule has 21 heavy (non-hydrogen) atoms. The maximum absolute atomic E-state index is 13.3. The molecule has 2 aromatic rings. The number of hydrogen-bond acceptors (Lipinski definition) is 3. The molecule has 1 aromatic carbocycles. The van der Waals surface area contributed by atoms with E-state index in [0.29, 0.717) is 5.25 Å². The summed E-state index contributed by atoms with van der Waals surface area (Å²) in [6.45, 7) is 7.56. The predicted octanol–water partition coefficient (Wildman–Crippen LogP) is 5.14. The number of fused-ring (bicyclic) bond motifs is 1. The van der Waals surface area contributed by atoms with Gasteiger partial charge in [-0.15, -0.1) is 0 Å². The van der Waals surface area contributed by atoms with E-state index in [9.17, 15) is 4.39 Å². The zero-order valence-electron chi connectivity index (χ0n) is 13.0. The number of nitrogens with one attached hydrogen (secondary N) is 1. The van der Waals surface area contributed by atoms with E-state index in [0.717, 1.165) is 41.9 Å². The highest BCUT2D eigenvalue weighted by atomic mass is 32.2. The molecule has 0 fully saturated rings. The molecule has 1 heterocycles. The van der Waals surface area contributed by atoms with Gasteiger partial charge >= 0.3 is 0 Å². The van der Waals surface area contributed by atoms with Gasteiger partial charge in [-0.1, -0.05) is 20.8 Å². The molecule has 2 unspecified atom stereocenters. The third-order valence-corrected chi connectivity index (χ3v) is 5.03. The third-order valence-electron chi connectivity index (χ3n) is 3.60. The van der Waals surface area contributed by atoms with Crippen LogP contribution >= 0.6 is 11.8 Å². The minimum absolute atomic E-state index is 0.180. The third kappa shape index (κ3) is 4.48. The van der Waals surface area contributed by atoms with E-state index in [2.05, 4.69) is 26.1 Å². The number of hydrogen-bond donors (Lipinski definition) is 1. The van der Waals surface area contributed by atoms with E-state index in [1.807, 2.05) is 17.8 Å². The van der Waals surface area contributed by atoms with Crippen molar-refractivity contribution in [1.29, 1.82) is 0 Å². The molecule has 0 aliphatic rings. The Balaban J connectivity index is 2.16. The van der Waals surface area contributed by atoms with Gasteiger partial charge in [-0.05, 0) is 43.7 Å². The molecular formula is C17H24FNOS. The minimum atomic E-state index is -0.220. The van der Waals surface area contributed by atoms with Crippen molar-refractivity contribution in [3.63, 3.8) is 0 Å². The number of furan rings is 1. The summed E-state index contributed by atoms with van der Waals surface area (Å²) in [6, 6.07) is 6.81. The molecule has 0 aliphatic heterocycles. The molecule has 0 spiro atoms. The van der Waals surface area contributed by atoms with E-state index < -0.39 is 0 Å². The Bertz CT molecular complexity index is 569. The fraction of sp³-hybridized carbons (Fsp3) is 0.529. The maximum atomic E-state index is 13.3. The quantitative estimate of drug-likeness (QED) is 0.730.